The summed E-state index contributed by atoms with van der Waals surface area (Å²) in [4.78, 5) is 6.33. The zero-order valence-corrected chi connectivity index (χ0v) is 14.1. The molecule has 0 radical (unpaired) electrons. The summed E-state index contributed by atoms with van der Waals surface area (Å²) in [5, 5.41) is 10.8. The highest BCUT2D eigenvalue weighted by atomic mass is 32.2. The number of nitrogens with zero attached hydrogens (tertiary/aromatic N) is 3. The van der Waals surface area contributed by atoms with Crippen molar-refractivity contribution in [3.8, 4) is 0 Å². The summed E-state index contributed by atoms with van der Waals surface area (Å²) in [7, 11) is -1.75. The van der Waals surface area contributed by atoms with Gasteiger partial charge in [0.15, 0.2) is 0 Å². The van der Waals surface area contributed by atoms with Crippen LogP contribution >= 0.6 is 0 Å². The van der Waals surface area contributed by atoms with Crippen LogP contribution in [0.4, 0.5) is 5.82 Å². The quantitative estimate of drug-likeness (QED) is 0.846. The van der Waals surface area contributed by atoms with E-state index in [4.69, 9.17) is 0 Å². The number of aliphatic hydroxyl groups is 1. The minimum atomic E-state index is -3.29. The van der Waals surface area contributed by atoms with Gasteiger partial charge in [0, 0.05) is 32.9 Å². The second kappa shape index (κ2) is 6.93. The summed E-state index contributed by atoms with van der Waals surface area (Å²) >= 11 is 0. The van der Waals surface area contributed by atoms with Crippen LogP contribution in [-0.4, -0.2) is 60.8 Å². The minimum absolute atomic E-state index is 0.115. The van der Waals surface area contributed by atoms with E-state index in [1.807, 2.05) is 30.0 Å². The van der Waals surface area contributed by atoms with Crippen molar-refractivity contribution in [2.75, 3.05) is 37.3 Å². The van der Waals surface area contributed by atoms with Crippen LogP contribution in [0.25, 0.3) is 0 Å². The molecule has 1 fully saturated rings. The predicted molar refractivity (Wildman–Crippen MR) is 87.3 cm³/mol. The fraction of sp³-hybridized carbons (Fsp3) is 0.667. The van der Waals surface area contributed by atoms with E-state index in [0.29, 0.717) is 19.4 Å². The molecular weight excluding hydrogens is 302 g/mol. The van der Waals surface area contributed by atoms with Crippen LogP contribution in [0.15, 0.2) is 24.4 Å². The molecule has 7 heteroatoms. The molecule has 1 aromatic rings. The van der Waals surface area contributed by atoms with Gasteiger partial charge in [-0.25, -0.2) is 17.7 Å². The smallest absolute Gasteiger partial charge is 0.213 e. The third-order valence-electron chi connectivity index (χ3n) is 3.98. The zero-order valence-electron chi connectivity index (χ0n) is 13.3. The summed E-state index contributed by atoms with van der Waals surface area (Å²) in [6, 6.07) is 5.67. The molecule has 1 N–H and O–H groups in total. The molecular formula is C15H25N3O3S. The Balaban J connectivity index is 2.07. The number of β-amino-alcohol motifs (C(OH)–C–C–N with tert-alkyl or cyclic N) is 1. The first kappa shape index (κ1) is 17.2. The standard InChI is InChI=1S/C15H25N3O3S/c1-3-11-22(20,21)17(2)12-15(19)8-6-10-18(13-15)14-7-4-5-9-16-14/h4-5,7,9,19H,3,6,8,10-13H2,1-2H3/t15-/m1/s1. The monoisotopic (exact) mass is 327 g/mol. The van der Waals surface area contributed by atoms with Crippen LogP contribution in [0.1, 0.15) is 26.2 Å². The van der Waals surface area contributed by atoms with Crippen LogP contribution in [0.5, 0.6) is 0 Å². The Kier molecular flexibility index (Phi) is 5.41. The van der Waals surface area contributed by atoms with E-state index in [9.17, 15) is 13.5 Å². The molecule has 1 atom stereocenters. The lowest BCUT2D eigenvalue weighted by Crippen LogP contribution is -2.55. The number of sulfonamides is 1. The number of aromatic nitrogens is 1. The summed E-state index contributed by atoms with van der Waals surface area (Å²) in [6.07, 6.45) is 3.71. The summed E-state index contributed by atoms with van der Waals surface area (Å²) in [6.45, 7) is 3.18. The third-order valence-corrected chi connectivity index (χ3v) is 5.99. The van der Waals surface area contributed by atoms with Crippen molar-refractivity contribution < 1.29 is 13.5 Å². The molecule has 0 saturated carbocycles. The van der Waals surface area contributed by atoms with Crippen molar-refractivity contribution in [3.63, 3.8) is 0 Å². The van der Waals surface area contributed by atoms with Crippen LogP contribution < -0.4 is 4.90 Å². The molecule has 2 rings (SSSR count). The molecule has 1 aliphatic rings. The number of hydrogen-bond donors (Lipinski definition) is 1. The predicted octanol–water partition coefficient (Wildman–Crippen LogP) is 1.08. The molecule has 2 heterocycles. The van der Waals surface area contributed by atoms with Crippen molar-refractivity contribution in [3.05, 3.63) is 24.4 Å². The van der Waals surface area contributed by atoms with Gasteiger partial charge >= 0.3 is 0 Å². The highest BCUT2D eigenvalue weighted by Crippen LogP contribution is 2.26. The summed E-state index contributed by atoms with van der Waals surface area (Å²) < 4.78 is 25.5. The lowest BCUT2D eigenvalue weighted by Gasteiger charge is -2.41. The van der Waals surface area contributed by atoms with Crippen molar-refractivity contribution in [2.24, 2.45) is 0 Å². The maximum atomic E-state index is 12.1. The van der Waals surface area contributed by atoms with Crippen molar-refractivity contribution in [2.45, 2.75) is 31.8 Å². The van der Waals surface area contributed by atoms with E-state index < -0.39 is 15.6 Å². The van der Waals surface area contributed by atoms with Gasteiger partial charge in [0.2, 0.25) is 10.0 Å². The molecule has 0 unspecified atom stereocenters. The van der Waals surface area contributed by atoms with Gasteiger partial charge < -0.3 is 10.0 Å². The maximum absolute atomic E-state index is 12.1. The number of rotatable bonds is 6. The fourth-order valence-electron chi connectivity index (χ4n) is 2.90. The molecule has 1 aliphatic heterocycles. The summed E-state index contributed by atoms with van der Waals surface area (Å²) in [5.41, 5.74) is -1.04. The van der Waals surface area contributed by atoms with Gasteiger partial charge in [-0.2, -0.15) is 0 Å². The molecule has 0 aromatic carbocycles. The van der Waals surface area contributed by atoms with Gasteiger partial charge in [-0.15, -0.1) is 0 Å². The molecule has 124 valence electrons. The van der Waals surface area contributed by atoms with Gasteiger partial charge in [-0.1, -0.05) is 13.0 Å². The lowest BCUT2D eigenvalue weighted by molar-refractivity contribution is 0.0131. The summed E-state index contributed by atoms with van der Waals surface area (Å²) in [5.74, 6) is 0.934. The first-order valence-electron chi connectivity index (χ1n) is 7.69. The van der Waals surface area contributed by atoms with Gasteiger partial charge in [0.05, 0.1) is 11.4 Å². The molecule has 22 heavy (non-hydrogen) atoms. The number of likely N-dealkylation sites (N-methyl/N-ethyl adjacent to an activating group) is 1. The largest absolute Gasteiger partial charge is 0.387 e. The first-order chi connectivity index (χ1) is 10.4. The van der Waals surface area contributed by atoms with Crippen molar-refractivity contribution in [1.82, 2.24) is 9.29 Å². The second-order valence-corrected chi connectivity index (χ2v) is 8.20. The molecule has 0 amide bonds. The zero-order chi connectivity index (χ0) is 16.2. The fourth-order valence-corrected chi connectivity index (χ4v) is 4.17. The Bertz CT molecular complexity index is 579. The molecule has 0 spiro atoms. The van der Waals surface area contributed by atoms with Crippen molar-refractivity contribution in [1.29, 1.82) is 0 Å². The Morgan fingerprint density at radius 3 is 2.86 bits per heavy atom. The molecule has 1 aromatic heterocycles. The maximum Gasteiger partial charge on any atom is 0.213 e. The van der Waals surface area contributed by atoms with Crippen LogP contribution in [0.2, 0.25) is 0 Å². The molecule has 1 saturated heterocycles. The normalized spacial score (nSPS) is 23.0. The van der Waals surface area contributed by atoms with Gasteiger partial charge in [0.25, 0.3) is 0 Å². The van der Waals surface area contributed by atoms with E-state index in [1.165, 1.54) is 4.31 Å². The Morgan fingerprint density at radius 2 is 2.23 bits per heavy atom. The van der Waals surface area contributed by atoms with Gasteiger partial charge in [-0.3, -0.25) is 0 Å². The van der Waals surface area contributed by atoms with Crippen LogP contribution in [-0.2, 0) is 10.0 Å². The first-order valence-corrected chi connectivity index (χ1v) is 9.30. The number of pyridine rings is 1. The van der Waals surface area contributed by atoms with E-state index in [-0.39, 0.29) is 12.3 Å². The highest BCUT2D eigenvalue weighted by molar-refractivity contribution is 7.89. The average Bonchev–Trinajstić information content (AvgIpc) is 2.47. The topological polar surface area (TPSA) is 73.7 Å². The second-order valence-electron chi connectivity index (χ2n) is 6.01. The molecule has 0 aliphatic carbocycles. The van der Waals surface area contributed by atoms with E-state index in [2.05, 4.69) is 4.98 Å². The van der Waals surface area contributed by atoms with Crippen LogP contribution in [0, 0.1) is 0 Å². The average molecular weight is 327 g/mol. The van der Waals surface area contributed by atoms with Gasteiger partial charge in [0.1, 0.15) is 5.82 Å². The molecule has 0 bridgehead atoms. The SMILES string of the molecule is CCCS(=O)(=O)N(C)C[C@]1(O)CCCN(c2ccccn2)C1. The van der Waals surface area contributed by atoms with E-state index in [1.54, 1.807) is 13.2 Å². The number of hydrogen-bond acceptors (Lipinski definition) is 5. The molecule has 6 nitrogen and oxygen atoms in total. The Labute approximate surface area is 132 Å². The van der Waals surface area contributed by atoms with Crippen molar-refractivity contribution >= 4 is 15.8 Å². The van der Waals surface area contributed by atoms with E-state index in [0.717, 1.165) is 18.8 Å². The van der Waals surface area contributed by atoms with Gasteiger partial charge in [-0.05, 0) is 31.4 Å². The highest BCUT2D eigenvalue weighted by Gasteiger charge is 2.37. The lowest BCUT2D eigenvalue weighted by atomic mass is 9.93. The number of anilines is 1. The van der Waals surface area contributed by atoms with E-state index >= 15 is 0 Å². The minimum Gasteiger partial charge on any atom is -0.387 e. The Hall–Kier alpha value is -1.18. The third kappa shape index (κ3) is 4.18. The van der Waals surface area contributed by atoms with Crippen LogP contribution in [0.3, 0.4) is 0 Å². The Morgan fingerprint density at radius 1 is 1.45 bits per heavy atom. The number of piperidine rings is 1.